The van der Waals surface area contributed by atoms with Gasteiger partial charge in [0.1, 0.15) is 5.75 Å². The summed E-state index contributed by atoms with van der Waals surface area (Å²) in [5, 5.41) is 14.8. The van der Waals surface area contributed by atoms with Gasteiger partial charge in [0.15, 0.2) is 0 Å². The average molecular weight is 395 g/mol. The van der Waals surface area contributed by atoms with Crippen molar-refractivity contribution < 1.29 is 34.1 Å². The summed E-state index contributed by atoms with van der Waals surface area (Å²) in [5.41, 5.74) is 0.568. The summed E-state index contributed by atoms with van der Waals surface area (Å²) < 4.78 is 10.7. The van der Waals surface area contributed by atoms with Gasteiger partial charge in [-0.3, -0.25) is 0 Å². The summed E-state index contributed by atoms with van der Waals surface area (Å²) in [6.07, 6.45) is 6.45. The van der Waals surface area contributed by atoms with Gasteiger partial charge in [0.25, 0.3) is 0 Å². The average Bonchev–Trinajstić information content (AvgIpc) is 2.95. The van der Waals surface area contributed by atoms with Crippen molar-refractivity contribution in [1.82, 2.24) is 4.90 Å². The molecule has 1 aromatic carbocycles. The van der Waals surface area contributed by atoms with Crippen LogP contribution in [0.3, 0.4) is 0 Å². The van der Waals surface area contributed by atoms with Crippen molar-refractivity contribution in [1.29, 1.82) is 0 Å². The third kappa shape index (κ3) is 9.91. The SMILES string of the molecule is CCOC(=O)c1ccc(OCCCN2CCCCCC2)cc1.O=C(O)C(=O)O. The molecule has 2 N–H and O–H groups in total. The van der Waals surface area contributed by atoms with Crippen molar-refractivity contribution in [3.63, 3.8) is 0 Å². The minimum atomic E-state index is -1.82. The lowest BCUT2D eigenvalue weighted by Crippen LogP contribution is -2.26. The predicted octanol–water partition coefficient (Wildman–Crippen LogP) is 2.66. The summed E-state index contributed by atoms with van der Waals surface area (Å²) in [6, 6.07) is 7.17. The number of likely N-dealkylation sites (tertiary alicyclic amines) is 1. The fraction of sp³-hybridized carbons (Fsp3) is 0.550. The monoisotopic (exact) mass is 395 g/mol. The Balaban J connectivity index is 0.000000568. The zero-order chi connectivity index (χ0) is 20.8. The lowest BCUT2D eigenvalue weighted by molar-refractivity contribution is -0.159. The fourth-order valence-electron chi connectivity index (χ4n) is 2.74. The van der Waals surface area contributed by atoms with E-state index in [1.165, 1.54) is 38.8 Å². The molecule has 0 unspecified atom stereocenters. The smallest absolute Gasteiger partial charge is 0.414 e. The highest BCUT2D eigenvalue weighted by atomic mass is 16.5. The number of hydrogen-bond acceptors (Lipinski definition) is 6. The minimum absolute atomic E-state index is 0.282. The predicted molar refractivity (Wildman–Crippen MR) is 103 cm³/mol. The number of aliphatic carboxylic acids is 2. The van der Waals surface area contributed by atoms with Crippen molar-refractivity contribution in [3.05, 3.63) is 29.8 Å². The van der Waals surface area contributed by atoms with Crippen molar-refractivity contribution in [2.24, 2.45) is 0 Å². The number of hydrogen-bond donors (Lipinski definition) is 2. The van der Waals surface area contributed by atoms with Crippen molar-refractivity contribution in [3.8, 4) is 5.75 Å². The Kier molecular flexibility index (Phi) is 11.3. The minimum Gasteiger partial charge on any atom is -0.494 e. The van der Waals surface area contributed by atoms with Gasteiger partial charge in [-0.15, -0.1) is 0 Å². The Morgan fingerprint density at radius 3 is 2.04 bits per heavy atom. The molecule has 8 nitrogen and oxygen atoms in total. The number of carbonyl (C=O) groups excluding carboxylic acids is 1. The number of carboxylic acids is 2. The molecule has 0 saturated carbocycles. The molecule has 156 valence electrons. The number of benzene rings is 1. The van der Waals surface area contributed by atoms with Gasteiger partial charge in [-0.05, 0) is 63.5 Å². The van der Waals surface area contributed by atoms with E-state index in [2.05, 4.69) is 4.90 Å². The summed E-state index contributed by atoms with van der Waals surface area (Å²) >= 11 is 0. The Hall–Kier alpha value is -2.61. The van der Waals surface area contributed by atoms with Crippen molar-refractivity contribution in [2.75, 3.05) is 32.8 Å². The normalized spacial score (nSPS) is 14.2. The van der Waals surface area contributed by atoms with Crippen LogP contribution in [-0.2, 0) is 14.3 Å². The van der Waals surface area contributed by atoms with Gasteiger partial charge < -0.3 is 24.6 Å². The molecule has 2 rings (SSSR count). The molecule has 1 aromatic rings. The van der Waals surface area contributed by atoms with E-state index in [1.807, 2.05) is 12.1 Å². The van der Waals surface area contributed by atoms with E-state index in [4.69, 9.17) is 29.3 Å². The molecule has 0 bridgehead atoms. The first-order valence-electron chi connectivity index (χ1n) is 9.52. The van der Waals surface area contributed by atoms with Gasteiger partial charge in [0.2, 0.25) is 0 Å². The molecule has 1 fully saturated rings. The fourth-order valence-corrected chi connectivity index (χ4v) is 2.74. The Bertz CT molecular complexity index is 595. The zero-order valence-corrected chi connectivity index (χ0v) is 16.3. The van der Waals surface area contributed by atoms with Crippen LogP contribution >= 0.6 is 0 Å². The van der Waals surface area contributed by atoms with Crippen LogP contribution in [0.15, 0.2) is 24.3 Å². The highest BCUT2D eigenvalue weighted by Gasteiger charge is 2.09. The molecule has 28 heavy (non-hydrogen) atoms. The maximum atomic E-state index is 11.6. The van der Waals surface area contributed by atoms with E-state index in [1.54, 1.807) is 19.1 Å². The Morgan fingerprint density at radius 1 is 0.964 bits per heavy atom. The number of nitrogens with zero attached hydrogens (tertiary/aromatic N) is 1. The van der Waals surface area contributed by atoms with E-state index in [-0.39, 0.29) is 5.97 Å². The number of carbonyl (C=O) groups is 3. The van der Waals surface area contributed by atoms with Crippen LogP contribution in [0.1, 0.15) is 49.4 Å². The molecular formula is C20H29NO7. The van der Waals surface area contributed by atoms with E-state index in [0.29, 0.717) is 12.2 Å². The standard InChI is InChI=1S/C18H27NO3.C2H2O4/c1-2-21-18(20)16-8-10-17(11-9-16)22-15-7-14-19-12-5-3-4-6-13-19;3-1(4)2(5)6/h8-11H,2-7,12-15H2,1H3;(H,3,4)(H,5,6). The molecule has 1 saturated heterocycles. The number of ether oxygens (including phenoxy) is 2. The van der Waals surface area contributed by atoms with Crippen LogP contribution < -0.4 is 4.74 Å². The summed E-state index contributed by atoms with van der Waals surface area (Å²) in [7, 11) is 0. The summed E-state index contributed by atoms with van der Waals surface area (Å²) in [6.45, 7) is 6.49. The molecule has 0 spiro atoms. The molecule has 0 amide bonds. The van der Waals surface area contributed by atoms with Crippen LogP contribution in [0.4, 0.5) is 0 Å². The lowest BCUT2D eigenvalue weighted by atomic mass is 10.2. The molecule has 0 aromatic heterocycles. The summed E-state index contributed by atoms with van der Waals surface area (Å²) in [4.78, 5) is 32.3. The van der Waals surface area contributed by atoms with Gasteiger partial charge >= 0.3 is 17.9 Å². The molecule has 0 atom stereocenters. The highest BCUT2D eigenvalue weighted by molar-refractivity contribution is 6.27. The first kappa shape index (κ1) is 23.4. The van der Waals surface area contributed by atoms with Gasteiger partial charge in [-0.1, -0.05) is 12.8 Å². The molecule has 1 heterocycles. The van der Waals surface area contributed by atoms with Crippen molar-refractivity contribution >= 4 is 17.9 Å². The summed E-state index contributed by atoms with van der Waals surface area (Å²) in [5.74, 6) is -3.12. The van der Waals surface area contributed by atoms with Crippen LogP contribution in [0.25, 0.3) is 0 Å². The zero-order valence-electron chi connectivity index (χ0n) is 16.3. The van der Waals surface area contributed by atoms with Crippen LogP contribution in [0.2, 0.25) is 0 Å². The maximum absolute atomic E-state index is 11.6. The largest absolute Gasteiger partial charge is 0.494 e. The third-order valence-corrected chi connectivity index (χ3v) is 4.13. The second-order valence-corrected chi connectivity index (χ2v) is 6.31. The van der Waals surface area contributed by atoms with Gasteiger partial charge in [-0.25, -0.2) is 14.4 Å². The quantitative estimate of drug-likeness (QED) is 0.411. The van der Waals surface area contributed by atoms with Crippen LogP contribution in [0, 0.1) is 0 Å². The van der Waals surface area contributed by atoms with Gasteiger partial charge in [0.05, 0.1) is 18.8 Å². The molecule has 1 aliphatic heterocycles. The van der Waals surface area contributed by atoms with E-state index in [9.17, 15) is 4.79 Å². The number of esters is 1. The Morgan fingerprint density at radius 2 is 1.54 bits per heavy atom. The second kappa shape index (κ2) is 13.5. The highest BCUT2D eigenvalue weighted by Crippen LogP contribution is 2.14. The first-order valence-corrected chi connectivity index (χ1v) is 9.52. The van der Waals surface area contributed by atoms with E-state index >= 15 is 0 Å². The molecule has 1 aliphatic rings. The Labute approximate surface area is 165 Å². The topological polar surface area (TPSA) is 113 Å². The van der Waals surface area contributed by atoms with Gasteiger partial charge in [0, 0.05) is 6.54 Å². The van der Waals surface area contributed by atoms with E-state index in [0.717, 1.165) is 25.3 Å². The third-order valence-electron chi connectivity index (χ3n) is 4.13. The molecule has 8 heteroatoms. The first-order chi connectivity index (χ1) is 13.4. The van der Waals surface area contributed by atoms with Crippen LogP contribution in [0.5, 0.6) is 5.75 Å². The molecule has 0 aliphatic carbocycles. The second-order valence-electron chi connectivity index (χ2n) is 6.31. The maximum Gasteiger partial charge on any atom is 0.414 e. The number of carboxylic acid groups (broad SMARTS) is 2. The number of rotatable bonds is 7. The molecular weight excluding hydrogens is 366 g/mol. The van der Waals surface area contributed by atoms with Crippen molar-refractivity contribution in [2.45, 2.75) is 39.0 Å². The molecule has 0 radical (unpaired) electrons. The van der Waals surface area contributed by atoms with Gasteiger partial charge in [-0.2, -0.15) is 0 Å². The van der Waals surface area contributed by atoms with E-state index < -0.39 is 11.9 Å². The lowest BCUT2D eigenvalue weighted by Gasteiger charge is -2.19. The van der Waals surface area contributed by atoms with Crippen LogP contribution in [-0.4, -0.2) is 65.9 Å².